The molecule has 0 spiro atoms. The van der Waals surface area contributed by atoms with Gasteiger partial charge in [0.05, 0.1) is 28.9 Å². The van der Waals surface area contributed by atoms with Crippen molar-refractivity contribution in [2.24, 2.45) is 14.1 Å². The van der Waals surface area contributed by atoms with Crippen LogP contribution in [0.1, 0.15) is 17.4 Å². The summed E-state index contributed by atoms with van der Waals surface area (Å²) in [6.45, 7) is 1.11. The fourth-order valence-electron chi connectivity index (χ4n) is 4.43. The fraction of sp³-hybridized carbons (Fsp3) is 0.200. The molecule has 1 atom stereocenters. The third-order valence-electron chi connectivity index (χ3n) is 5.97. The molecule has 1 aliphatic heterocycles. The molecular weight excluding hydrogens is 470 g/mol. The number of aromatic nitrogens is 3. The lowest BCUT2D eigenvalue weighted by atomic mass is 10.1. The van der Waals surface area contributed by atoms with Gasteiger partial charge in [0, 0.05) is 25.1 Å². The van der Waals surface area contributed by atoms with Crippen molar-refractivity contribution < 1.29 is 4.74 Å². The fourth-order valence-corrected chi connectivity index (χ4v) is 4.69. The molecule has 0 fully saturated rings. The smallest absolute Gasteiger partial charge is 0.331 e. The molecule has 0 bridgehead atoms. The Hall–Kier alpha value is -3.16. The van der Waals surface area contributed by atoms with E-state index in [9.17, 15) is 9.59 Å². The van der Waals surface area contributed by atoms with Gasteiger partial charge in [-0.3, -0.25) is 13.9 Å². The highest BCUT2D eigenvalue weighted by Gasteiger charge is 2.31. The van der Waals surface area contributed by atoms with Gasteiger partial charge in [-0.05, 0) is 29.3 Å². The highest BCUT2D eigenvalue weighted by molar-refractivity contribution is 9.10. The summed E-state index contributed by atoms with van der Waals surface area (Å²) in [5.41, 5.74) is 3.60. The first kappa shape index (κ1) is 20.7. The van der Waals surface area contributed by atoms with Gasteiger partial charge in [0.2, 0.25) is 0 Å². The van der Waals surface area contributed by atoms with Crippen LogP contribution in [0.5, 0.6) is 0 Å². The molecule has 6 nitrogen and oxygen atoms in total. The van der Waals surface area contributed by atoms with Crippen LogP contribution in [-0.4, -0.2) is 20.3 Å². The second-order valence-electron chi connectivity index (χ2n) is 7.88. The van der Waals surface area contributed by atoms with E-state index in [4.69, 9.17) is 4.74 Å². The first-order chi connectivity index (χ1) is 15.5. The van der Waals surface area contributed by atoms with E-state index in [2.05, 4.69) is 20.5 Å². The molecule has 162 valence electrons. The lowest BCUT2D eigenvalue weighted by Crippen LogP contribution is -2.37. The summed E-state index contributed by atoms with van der Waals surface area (Å²) < 4.78 is 12.0. The molecule has 2 aromatic heterocycles. The zero-order valence-electron chi connectivity index (χ0n) is 17.8. The van der Waals surface area contributed by atoms with Crippen molar-refractivity contribution in [1.82, 2.24) is 13.7 Å². The molecule has 0 N–H and O–H groups in total. The highest BCUT2D eigenvalue weighted by Crippen LogP contribution is 2.38. The molecule has 0 saturated carbocycles. The number of halogens is 1. The molecule has 1 unspecified atom stereocenters. The van der Waals surface area contributed by atoms with Crippen LogP contribution in [0, 0.1) is 0 Å². The van der Waals surface area contributed by atoms with Crippen LogP contribution < -0.4 is 11.2 Å². The normalized spacial score (nSPS) is 16.0. The van der Waals surface area contributed by atoms with Crippen molar-refractivity contribution in [3.05, 3.63) is 97.2 Å². The average molecular weight is 492 g/mol. The molecule has 0 aliphatic carbocycles. The minimum atomic E-state index is -0.381. The Kier molecular flexibility index (Phi) is 5.23. The summed E-state index contributed by atoms with van der Waals surface area (Å²) in [4.78, 5) is 26.2. The molecule has 0 amide bonds. The second-order valence-corrected chi connectivity index (χ2v) is 8.80. The standard InChI is InChI=1S/C25H22BrN3O3/c1-27-23-20(24(30)28(2)25(27)31)21(17-9-11-18(26)12-10-17)29-14-15-32-19(22(23)29)13-8-16-6-4-3-5-7-16/h3-13,19H,14-15H2,1-2H3. The molecule has 3 heterocycles. The topological polar surface area (TPSA) is 58.2 Å². The van der Waals surface area contributed by atoms with E-state index in [1.54, 1.807) is 11.6 Å². The van der Waals surface area contributed by atoms with E-state index < -0.39 is 0 Å². The third-order valence-corrected chi connectivity index (χ3v) is 6.50. The molecule has 5 rings (SSSR count). The zero-order chi connectivity index (χ0) is 22.4. The maximum Gasteiger partial charge on any atom is 0.331 e. The number of hydrogen-bond acceptors (Lipinski definition) is 3. The largest absolute Gasteiger partial charge is 0.366 e. The molecule has 0 saturated heterocycles. The summed E-state index contributed by atoms with van der Waals surface area (Å²) in [5, 5.41) is 0.538. The summed E-state index contributed by atoms with van der Waals surface area (Å²) in [5.74, 6) is 0. The van der Waals surface area contributed by atoms with Gasteiger partial charge < -0.3 is 9.30 Å². The van der Waals surface area contributed by atoms with Gasteiger partial charge in [-0.15, -0.1) is 0 Å². The van der Waals surface area contributed by atoms with Crippen molar-refractivity contribution in [2.75, 3.05) is 6.61 Å². The van der Waals surface area contributed by atoms with Gasteiger partial charge in [-0.25, -0.2) is 4.79 Å². The van der Waals surface area contributed by atoms with Crippen molar-refractivity contribution in [3.63, 3.8) is 0 Å². The van der Waals surface area contributed by atoms with Gasteiger partial charge >= 0.3 is 5.69 Å². The Morgan fingerprint density at radius 1 is 1.00 bits per heavy atom. The number of hydrogen-bond donors (Lipinski definition) is 0. The summed E-state index contributed by atoms with van der Waals surface area (Å²) in [6.07, 6.45) is 3.62. The molecule has 2 aromatic carbocycles. The van der Waals surface area contributed by atoms with Gasteiger partial charge in [0.1, 0.15) is 6.10 Å². The maximum atomic E-state index is 13.3. The van der Waals surface area contributed by atoms with E-state index in [1.165, 1.54) is 11.6 Å². The van der Waals surface area contributed by atoms with Crippen LogP contribution in [0.15, 0.2) is 74.7 Å². The van der Waals surface area contributed by atoms with Crippen molar-refractivity contribution >= 4 is 32.9 Å². The maximum absolute atomic E-state index is 13.3. The van der Waals surface area contributed by atoms with E-state index >= 15 is 0 Å². The first-order valence-corrected chi connectivity index (χ1v) is 11.2. The second kappa shape index (κ2) is 8.07. The van der Waals surface area contributed by atoms with Crippen LogP contribution in [-0.2, 0) is 25.4 Å². The number of benzene rings is 2. The van der Waals surface area contributed by atoms with Gasteiger partial charge in [-0.1, -0.05) is 64.5 Å². The van der Waals surface area contributed by atoms with Crippen LogP contribution in [0.2, 0.25) is 0 Å². The summed E-state index contributed by atoms with van der Waals surface area (Å²) >= 11 is 3.49. The lowest BCUT2D eigenvalue weighted by Gasteiger charge is -2.25. The van der Waals surface area contributed by atoms with Gasteiger partial charge in [-0.2, -0.15) is 0 Å². The van der Waals surface area contributed by atoms with E-state index in [-0.39, 0.29) is 17.4 Å². The van der Waals surface area contributed by atoms with Crippen LogP contribution >= 0.6 is 15.9 Å². The molecule has 1 aliphatic rings. The molecular formula is C25H22BrN3O3. The van der Waals surface area contributed by atoms with Gasteiger partial charge in [0.25, 0.3) is 5.56 Å². The monoisotopic (exact) mass is 491 g/mol. The number of fused-ring (bicyclic) bond motifs is 3. The molecule has 4 aromatic rings. The highest BCUT2D eigenvalue weighted by atomic mass is 79.9. The zero-order valence-corrected chi connectivity index (χ0v) is 19.4. The van der Waals surface area contributed by atoms with Gasteiger partial charge in [0.15, 0.2) is 0 Å². The van der Waals surface area contributed by atoms with Crippen molar-refractivity contribution in [1.29, 1.82) is 0 Å². The summed E-state index contributed by atoms with van der Waals surface area (Å²) in [7, 11) is 3.23. The van der Waals surface area contributed by atoms with Crippen LogP contribution in [0.25, 0.3) is 28.2 Å². The Bertz CT molecular complexity index is 1460. The minimum absolute atomic E-state index is 0.297. The van der Waals surface area contributed by atoms with E-state index in [0.717, 1.165) is 27.0 Å². The molecule has 32 heavy (non-hydrogen) atoms. The molecule has 7 heteroatoms. The van der Waals surface area contributed by atoms with Crippen molar-refractivity contribution in [3.8, 4) is 11.3 Å². The third kappa shape index (κ3) is 3.29. The first-order valence-electron chi connectivity index (χ1n) is 10.4. The molecule has 0 radical (unpaired) electrons. The van der Waals surface area contributed by atoms with Crippen LogP contribution in [0.3, 0.4) is 0 Å². The number of ether oxygens (including phenoxy) is 1. The van der Waals surface area contributed by atoms with E-state index in [0.29, 0.717) is 24.1 Å². The Labute approximate surface area is 193 Å². The predicted molar refractivity (Wildman–Crippen MR) is 130 cm³/mol. The summed E-state index contributed by atoms with van der Waals surface area (Å²) in [6, 6.07) is 17.9. The van der Waals surface area contributed by atoms with E-state index in [1.807, 2.05) is 66.7 Å². The number of aryl methyl sites for hydroxylation is 1. The Balaban J connectivity index is 1.83. The number of nitrogens with zero attached hydrogens (tertiary/aromatic N) is 3. The SMILES string of the molecule is Cn1c(=O)c2c(-c3ccc(Br)cc3)n3c(c2n(C)c1=O)C(C=Cc1ccccc1)OCC3. The minimum Gasteiger partial charge on any atom is -0.366 e. The average Bonchev–Trinajstić information content (AvgIpc) is 3.17. The van der Waals surface area contributed by atoms with Crippen molar-refractivity contribution in [2.45, 2.75) is 12.6 Å². The predicted octanol–water partition coefficient (Wildman–Crippen LogP) is 4.25. The quantitative estimate of drug-likeness (QED) is 0.430. The Morgan fingerprint density at radius 3 is 2.44 bits per heavy atom. The lowest BCUT2D eigenvalue weighted by molar-refractivity contribution is 0.0532. The van der Waals surface area contributed by atoms with Crippen LogP contribution in [0.4, 0.5) is 0 Å². The Morgan fingerprint density at radius 2 is 1.72 bits per heavy atom. The number of rotatable bonds is 3.